The zero-order chi connectivity index (χ0) is 22.4. The predicted octanol–water partition coefficient (Wildman–Crippen LogP) is 2.08. The summed E-state index contributed by atoms with van der Waals surface area (Å²) in [6.45, 7) is 1.52. The summed E-state index contributed by atoms with van der Waals surface area (Å²) in [5.41, 5.74) is 0. The van der Waals surface area contributed by atoms with Gasteiger partial charge in [-0.1, -0.05) is 57.6 Å². The number of ether oxygens (including phenoxy) is 1. The Bertz CT molecular complexity index is 482. The lowest BCUT2D eigenvalue weighted by molar-refractivity contribution is -0.147. The van der Waals surface area contributed by atoms with E-state index in [-0.39, 0.29) is 30.8 Å². The number of carbonyl (C=O) groups excluding carboxylic acids is 1. The van der Waals surface area contributed by atoms with Gasteiger partial charge >= 0.3 is 5.97 Å². The highest BCUT2D eigenvalue weighted by molar-refractivity contribution is 5.69. The van der Waals surface area contributed by atoms with Crippen molar-refractivity contribution in [3.8, 4) is 0 Å². The fraction of sp³-hybridized carbons (Fsp3) is 0.870. The first-order valence-electron chi connectivity index (χ1n) is 11.6. The van der Waals surface area contributed by atoms with Crippen LogP contribution in [0.15, 0.2) is 12.2 Å². The summed E-state index contributed by atoms with van der Waals surface area (Å²) in [6, 6.07) is 0. The molecule has 1 fully saturated rings. The highest BCUT2D eigenvalue weighted by Crippen LogP contribution is 2.37. The van der Waals surface area contributed by atoms with Crippen molar-refractivity contribution in [1.29, 1.82) is 0 Å². The van der Waals surface area contributed by atoms with E-state index >= 15 is 0 Å². The van der Waals surface area contributed by atoms with Gasteiger partial charge in [-0.15, -0.1) is 0 Å². The number of esters is 1. The molecule has 7 nitrogen and oxygen atoms in total. The molecule has 0 aromatic heterocycles. The molecule has 176 valence electrons. The second-order valence-corrected chi connectivity index (χ2v) is 8.53. The topological polar surface area (TPSA) is 127 Å². The Balaban J connectivity index is 2.27. The van der Waals surface area contributed by atoms with Crippen LogP contribution in [0.25, 0.3) is 0 Å². The van der Waals surface area contributed by atoms with Crippen LogP contribution < -0.4 is 0 Å². The summed E-state index contributed by atoms with van der Waals surface area (Å²) in [5, 5.41) is 48.5. The summed E-state index contributed by atoms with van der Waals surface area (Å²) in [6.07, 6.45) is 9.77. The summed E-state index contributed by atoms with van der Waals surface area (Å²) in [7, 11) is 0. The molecular weight excluding hydrogens is 388 g/mol. The van der Waals surface area contributed by atoms with Gasteiger partial charge < -0.3 is 30.3 Å². The maximum atomic E-state index is 11.5. The molecule has 6 atom stereocenters. The average Bonchev–Trinajstić information content (AvgIpc) is 2.99. The summed E-state index contributed by atoms with van der Waals surface area (Å²) >= 11 is 0. The monoisotopic (exact) mass is 430 g/mol. The lowest BCUT2D eigenvalue weighted by Gasteiger charge is -2.21. The van der Waals surface area contributed by atoms with Gasteiger partial charge in [-0.05, 0) is 25.2 Å². The van der Waals surface area contributed by atoms with Crippen molar-refractivity contribution in [1.82, 2.24) is 0 Å². The largest absolute Gasteiger partial charge is 0.463 e. The van der Waals surface area contributed by atoms with Gasteiger partial charge in [0.25, 0.3) is 0 Å². The molecule has 0 radical (unpaired) electrons. The Morgan fingerprint density at radius 3 is 2.50 bits per heavy atom. The summed E-state index contributed by atoms with van der Waals surface area (Å²) in [4.78, 5) is 11.5. The highest BCUT2D eigenvalue weighted by atomic mass is 16.5. The molecule has 0 bridgehead atoms. The van der Waals surface area contributed by atoms with Gasteiger partial charge in [0.1, 0.15) is 12.7 Å². The van der Waals surface area contributed by atoms with E-state index in [0.29, 0.717) is 12.8 Å². The lowest BCUT2D eigenvalue weighted by Crippen LogP contribution is -2.21. The van der Waals surface area contributed by atoms with Crippen LogP contribution in [0.3, 0.4) is 0 Å². The molecular formula is C23H42O7. The van der Waals surface area contributed by atoms with Crippen LogP contribution >= 0.6 is 0 Å². The van der Waals surface area contributed by atoms with E-state index in [1.807, 2.05) is 6.08 Å². The Hall–Kier alpha value is -0.990. The number of rotatable bonds is 16. The Labute approximate surface area is 180 Å². The van der Waals surface area contributed by atoms with Crippen molar-refractivity contribution in [3.05, 3.63) is 12.2 Å². The molecule has 0 spiro atoms. The van der Waals surface area contributed by atoms with E-state index in [1.165, 1.54) is 0 Å². The molecule has 1 rings (SSSR count). The van der Waals surface area contributed by atoms with Gasteiger partial charge in [0.15, 0.2) is 0 Å². The number of hydrogen-bond acceptors (Lipinski definition) is 7. The number of aliphatic hydroxyl groups is 5. The minimum atomic E-state index is -1.03. The van der Waals surface area contributed by atoms with E-state index < -0.39 is 31.0 Å². The first kappa shape index (κ1) is 27.0. The second kappa shape index (κ2) is 15.8. The van der Waals surface area contributed by atoms with Gasteiger partial charge in [0.05, 0.1) is 24.9 Å². The molecule has 30 heavy (non-hydrogen) atoms. The normalized spacial score (nSPS) is 26.2. The van der Waals surface area contributed by atoms with Crippen molar-refractivity contribution < 1.29 is 35.1 Å². The third kappa shape index (κ3) is 10.9. The van der Waals surface area contributed by atoms with Crippen LogP contribution in [-0.4, -0.2) is 69.1 Å². The fourth-order valence-electron chi connectivity index (χ4n) is 4.05. The van der Waals surface area contributed by atoms with Gasteiger partial charge in [-0.3, -0.25) is 4.79 Å². The molecule has 1 aliphatic rings. The Morgan fingerprint density at radius 1 is 1.07 bits per heavy atom. The molecule has 0 saturated heterocycles. The van der Waals surface area contributed by atoms with Gasteiger partial charge in [-0.2, -0.15) is 0 Å². The van der Waals surface area contributed by atoms with Gasteiger partial charge in [0, 0.05) is 18.8 Å². The van der Waals surface area contributed by atoms with E-state index in [2.05, 4.69) is 6.92 Å². The molecule has 0 aromatic rings. The molecule has 0 aromatic carbocycles. The molecule has 5 N–H and O–H groups in total. The molecule has 1 aliphatic carbocycles. The summed E-state index contributed by atoms with van der Waals surface area (Å²) in [5.74, 6) is -0.516. The molecule has 0 unspecified atom stereocenters. The lowest BCUT2D eigenvalue weighted by atomic mass is 9.88. The van der Waals surface area contributed by atoms with Crippen molar-refractivity contribution >= 4 is 5.97 Å². The van der Waals surface area contributed by atoms with Crippen LogP contribution in [-0.2, 0) is 9.53 Å². The fourth-order valence-corrected chi connectivity index (χ4v) is 4.05. The minimum absolute atomic E-state index is 0.0102. The third-order valence-corrected chi connectivity index (χ3v) is 5.89. The quantitative estimate of drug-likeness (QED) is 0.144. The molecule has 0 amide bonds. The van der Waals surface area contributed by atoms with Gasteiger partial charge in [0.2, 0.25) is 0 Å². The van der Waals surface area contributed by atoms with E-state index in [9.17, 15) is 20.1 Å². The molecule has 1 saturated carbocycles. The summed E-state index contributed by atoms with van der Waals surface area (Å²) < 4.78 is 4.86. The minimum Gasteiger partial charge on any atom is -0.463 e. The van der Waals surface area contributed by atoms with Crippen molar-refractivity contribution in [3.63, 3.8) is 0 Å². The van der Waals surface area contributed by atoms with Gasteiger partial charge in [-0.25, -0.2) is 0 Å². The maximum absolute atomic E-state index is 11.5. The first-order chi connectivity index (χ1) is 14.4. The molecule has 0 heterocycles. The smallest absolute Gasteiger partial charge is 0.305 e. The number of hydrogen-bond donors (Lipinski definition) is 5. The SMILES string of the molecule is CCCCC[C@H](O)/C=C/[C@@H]1[C@@H](CCCCCCC(=O)OC[C@@H](O)CO)[C@@H](O)C[C@H]1O. The zero-order valence-electron chi connectivity index (χ0n) is 18.4. The third-order valence-electron chi connectivity index (χ3n) is 5.89. The maximum Gasteiger partial charge on any atom is 0.305 e. The second-order valence-electron chi connectivity index (χ2n) is 8.53. The standard InChI is InChI=1S/C23H42O7/c1-2-3-6-9-17(25)12-13-20-19(21(27)14-22(20)28)10-7-4-5-8-11-23(29)30-16-18(26)15-24/h12-13,17-22,24-28H,2-11,14-16H2,1H3/b13-12+/t17-,18-,19+,20+,21-,22+/m0/s1. The number of unbranched alkanes of at least 4 members (excludes halogenated alkanes) is 5. The van der Waals surface area contributed by atoms with Crippen LogP contribution in [0.1, 0.15) is 77.6 Å². The predicted molar refractivity (Wildman–Crippen MR) is 115 cm³/mol. The number of aliphatic hydroxyl groups excluding tert-OH is 5. The molecule has 0 aliphatic heterocycles. The van der Waals surface area contributed by atoms with Crippen molar-refractivity contribution in [2.75, 3.05) is 13.2 Å². The van der Waals surface area contributed by atoms with Crippen molar-refractivity contribution in [2.24, 2.45) is 11.8 Å². The first-order valence-corrected chi connectivity index (χ1v) is 11.6. The van der Waals surface area contributed by atoms with Crippen molar-refractivity contribution in [2.45, 2.75) is 102 Å². The Kier molecular flexibility index (Phi) is 14.2. The zero-order valence-corrected chi connectivity index (χ0v) is 18.4. The highest BCUT2D eigenvalue weighted by Gasteiger charge is 2.39. The molecule has 7 heteroatoms. The van der Waals surface area contributed by atoms with E-state index in [1.54, 1.807) is 6.08 Å². The Morgan fingerprint density at radius 2 is 1.80 bits per heavy atom. The van der Waals surface area contributed by atoms with E-state index in [0.717, 1.165) is 51.4 Å². The van der Waals surface area contributed by atoms with E-state index in [4.69, 9.17) is 14.9 Å². The van der Waals surface area contributed by atoms with Crippen LogP contribution in [0, 0.1) is 11.8 Å². The van der Waals surface area contributed by atoms with Crippen LogP contribution in [0.2, 0.25) is 0 Å². The average molecular weight is 431 g/mol. The number of carbonyl (C=O) groups is 1. The van der Waals surface area contributed by atoms with Crippen LogP contribution in [0.4, 0.5) is 0 Å². The van der Waals surface area contributed by atoms with Crippen LogP contribution in [0.5, 0.6) is 0 Å².